The first-order valence-electron chi connectivity index (χ1n) is 3.66. The molecule has 0 unspecified atom stereocenters. The van der Waals surface area contributed by atoms with Gasteiger partial charge in [0.1, 0.15) is 0 Å². The number of pyridine rings is 1. The molecule has 0 radical (unpaired) electrons. The van der Waals surface area contributed by atoms with E-state index in [-0.39, 0.29) is 0 Å². The lowest BCUT2D eigenvalue weighted by Gasteiger charge is -2.04. The van der Waals surface area contributed by atoms with Crippen LogP contribution in [-0.4, -0.2) is 0 Å². The van der Waals surface area contributed by atoms with Gasteiger partial charge >= 0.3 is 0 Å². The lowest BCUT2D eigenvalue weighted by molar-refractivity contribution is -0.589. The van der Waals surface area contributed by atoms with Gasteiger partial charge in [-0.3, -0.25) is 0 Å². The van der Waals surface area contributed by atoms with Crippen molar-refractivity contribution in [2.75, 3.05) is 0 Å². The Hall–Kier alpha value is -0.800. The summed E-state index contributed by atoms with van der Waals surface area (Å²) >= 11 is 9.09. The topological polar surface area (TPSA) is 26.9 Å². The van der Waals surface area contributed by atoms with Crippen molar-refractivity contribution in [3.63, 3.8) is 0 Å². The van der Waals surface area contributed by atoms with E-state index >= 15 is 0 Å². The number of nitrogens with zero attached hydrogens (tertiary/aromatic N) is 1. The van der Waals surface area contributed by atoms with Crippen LogP contribution in [0, 0.1) is 5.21 Å². The summed E-state index contributed by atoms with van der Waals surface area (Å²) in [7, 11) is 0. The second kappa shape index (κ2) is 3.16. The number of rotatable bonds is 0. The maximum atomic E-state index is 11.5. The molecule has 2 nitrogen and oxygen atoms in total. The van der Waals surface area contributed by atoms with Gasteiger partial charge in [-0.25, -0.2) is 0 Å². The minimum absolute atomic E-state index is 0.427. The Bertz CT molecular complexity index is 472. The molecule has 0 saturated carbocycles. The van der Waals surface area contributed by atoms with Crippen LogP contribution in [-0.2, 0) is 0 Å². The molecule has 0 N–H and O–H groups in total. The Labute approximate surface area is 88.5 Å². The number of fused-ring (bicyclic) bond motifs is 1. The number of hydrogen-bond donors (Lipinski definition) is 0. The summed E-state index contributed by atoms with van der Waals surface area (Å²) in [6, 6.07) is 8.80. The zero-order valence-corrected chi connectivity index (χ0v) is 8.84. The highest BCUT2D eigenvalue weighted by Gasteiger charge is 2.10. The van der Waals surface area contributed by atoms with Crippen molar-refractivity contribution < 1.29 is 4.73 Å². The molecule has 2 rings (SSSR count). The van der Waals surface area contributed by atoms with Crippen molar-refractivity contribution in [3.8, 4) is 0 Å². The number of halogens is 2. The summed E-state index contributed by atoms with van der Waals surface area (Å²) in [5.74, 6) is 0. The molecule has 4 heteroatoms. The van der Waals surface area contributed by atoms with E-state index in [2.05, 4.69) is 15.9 Å². The monoisotopic (exact) mass is 257 g/mol. The molecular weight excluding hydrogens is 253 g/mol. The first kappa shape index (κ1) is 8.78. The van der Waals surface area contributed by atoms with Crippen LogP contribution in [0.2, 0.25) is 5.02 Å². The summed E-state index contributed by atoms with van der Waals surface area (Å²) < 4.78 is 1.23. The predicted octanol–water partition coefficient (Wildman–Crippen LogP) is 2.89. The lowest BCUT2D eigenvalue weighted by atomic mass is 10.2. The van der Waals surface area contributed by atoms with Crippen LogP contribution in [0.25, 0.3) is 10.9 Å². The number of para-hydroxylation sites is 1. The molecule has 0 aliphatic carbocycles. The van der Waals surface area contributed by atoms with Gasteiger partial charge in [-0.2, -0.15) is 4.73 Å². The Morgan fingerprint density at radius 2 is 2.00 bits per heavy atom. The highest BCUT2D eigenvalue weighted by Crippen LogP contribution is 2.23. The summed E-state index contributed by atoms with van der Waals surface area (Å²) in [5, 5.41) is 12.8. The number of hydrogen-bond acceptors (Lipinski definition) is 1. The second-order valence-electron chi connectivity index (χ2n) is 2.63. The maximum Gasteiger partial charge on any atom is 0.261 e. The van der Waals surface area contributed by atoms with E-state index in [0.29, 0.717) is 15.1 Å². The largest absolute Gasteiger partial charge is 0.617 e. The van der Waals surface area contributed by atoms with Crippen LogP contribution in [0.3, 0.4) is 0 Å². The van der Waals surface area contributed by atoms with Gasteiger partial charge in [0.2, 0.25) is 5.52 Å². The fourth-order valence-electron chi connectivity index (χ4n) is 1.21. The van der Waals surface area contributed by atoms with Gasteiger partial charge in [0.05, 0.1) is 10.4 Å². The molecule has 0 saturated heterocycles. The van der Waals surface area contributed by atoms with Crippen LogP contribution in [0.1, 0.15) is 0 Å². The molecule has 0 aliphatic heterocycles. The van der Waals surface area contributed by atoms with E-state index < -0.39 is 0 Å². The molecular formula is C9H5BrClNO. The third-order valence-electron chi connectivity index (χ3n) is 1.82. The fraction of sp³-hybridized carbons (Fsp3) is 0. The van der Waals surface area contributed by atoms with E-state index in [0.717, 1.165) is 10.1 Å². The minimum atomic E-state index is 0.427. The Morgan fingerprint density at radius 3 is 2.77 bits per heavy atom. The quantitative estimate of drug-likeness (QED) is 0.405. The van der Waals surface area contributed by atoms with Crippen molar-refractivity contribution >= 4 is 38.4 Å². The van der Waals surface area contributed by atoms with Gasteiger partial charge in [0.25, 0.3) is 4.60 Å². The molecule has 0 bridgehead atoms. The zero-order chi connectivity index (χ0) is 9.42. The molecule has 1 aromatic heterocycles. The fourth-order valence-corrected chi connectivity index (χ4v) is 2.02. The third-order valence-corrected chi connectivity index (χ3v) is 2.68. The average Bonchev–Trinajstić information content (AvgIpc) is 2.15. The van der Waals surface area contributed by atoms with Crippen LogP contribution < -0.4 is 4.73 Å². The lowest BCUT2D eigenvalue weighted by Crippen LogP contribution is -2.28. The smallest absolute Gasteiger partial charge is 0.261 e. The zero-order valence-electron chi connectivity index (χ0n) is 6.50. The van der Waals surface area contributed by atoms with Crippen LogP contribution in [0.15, 0.2) is 34.9 Å². The predicted molar refractivity (Wildman–Crippen MR) is 55.6 cm³/mol. The normalized spacial score (nSPS) is 10.6. The first-order chi connectivity index (χ1) is 6.20. The van der Waals surface area contributed by atoms with E-state index in [1.807, 2.05) is 12.1 Å². The molecule has 1 heterocycles. The van der Waals surface area contributed by atoms with Crippen molar-refractivity contribution in [1.29, 1.82) is 0 Å². The molecule has 13 heavy (non-hydrogen) atoms. The van der Waals surface area contributed by atoms with Gasteiger partial charge in [-0.05, 0) is 6.07 Å². The Kier molecular flexibility index (Phi) is 2.14. The van der Waals surface area contributed by atoms with Gasteiger partial charge in [-0.15, -0.1) is 0 Å². The van der Waals surface area contributed by atoms with Gasteiger partial charge in [0.15, 0.2) is 0 Å². The third kappa shape index (κ3) is 1.38. The molecule has 1 aromatic carbocycles. The summed E-state index contributed by atoms with van der Waals surface area (Å²) in [4.78, 5) is 0. The molecule has 0 atom stereocenters. The van der Waals surface area contributed by atoms with Gasteiger partial charge in [0, 0.05) is 28.1 Å². The van der Waals surface area contributed by atoms with Gasteiger partial charge in [-0.1, -0.05) is 23.7 Å². The Morgan fingerprint density at radius 1 is 1.31 bits per heavy atom. The standard InChI is InChI=1S/C9H5BrClNO/c10-9-5-7(11)6-3-1-2-4-8(6)12(9)13/h1-5H. The van der Waals surface area contributed by atoms with Crippen LogP contribution >= 0.6 is 27.5 Å². The summed E-state index contributed by atoms with van der Waals surface area (Å²) in [6.07, 6.45) is 0. The van der Waals surface area contributed by atoms with Gasteiger partial charge < -0.3 is 5.21 Å². The van der Waals surface area contributed by atoms with Crippen LogP contribution in [0.4, 0.5) is 0 Å². The molecule has 0 aliphatic rings. The van der Waals surface area contributed by atoms with E-state index in [4.69, 9.17) is 11.6 Å². The number of aromatic nitrogens is 1. The molecule has 0 fully saturated rings. The highest BCUT2D eigenvalue weighted by molar-refractivity contribution is 9.10. The Balaban J connectivity index is 2.97. The summed E-state index contributed by atoms with van der Waals surface area (Å²) in [6.45, 7) is 0. The molecule has 66 valence electrons. The van der Waals surface area contributed by atoms with Crippen molar-refractivity contribution in [3.05, 3.63) is 45.2 Å². The van der Waals surface area contributed by atoms with Crippen molar-refractivity contribution in [1.82, 2.24) is 0 Å². The minimum Gasteiger partial charge on any atom is -0.617 e. The molecule has 2 aromatic rings. The van der Waals surface area contributed by atoms with Crippen molar-refractivity contribution in [2.24, 2.45) is 0 Å². The molecule has 0 spiro atoms. The van der Waals surface area contributed by atoms with Crippen LogP contribution in [0.5, 0.6) is 0 Å². The van der Waals surface area contributed by atoms with E-state index in [1.165, 1.54) is 0 Å². The highest BCUT2D eigenvalue weighted by atomic mass is 79.9. The SMILES string of the molecule is [O-][n+]1c(Br)cc(Cl)c2ccccc21. The maximum absolute atomic E-state index is 11.5. The molecule has 0 amide bonds. The van der Waals surface area contributed by atoms with Crippen molar-refractivity contribution in [2.45, 2.75) is 0 Å². The second-order valence-corrected chi connectivity index (χ2v) is 3.85. The first-order valence-corrected chi connectivity index (χ1v) is 4.83. The average molecular weight is 259 g/mol. The summed E-state index contributed by atoms with van der Waals surface area (Å²) in [5.41, 5.74) is 0.571. The van der Waals surface area contributed by atoms with E-state index in [1.54, 1.807) is 18.2 Å². The van der Waals surface area contributed by atoms with E-state index in [9.17, 15) is 5.21 Å². The number of benzene rings is 1.